The summed E-state index contributed by atoms with van der Waals surface area (Å²) in [5.74, 6) is -1.28. The molecule has 3 N–H and O–H groups in total. The van der Waals surface area contributed by atoms with Gasteiger partial charge in [0.05, 0.1) is 0 Å². The van der Waals surface area contributed by atoms with Crippen molar-refractivity contribution in [1.82, 2.24) is 0 Å². The SMILES string of the molecule is C[C@@H]1CCC/C(=C\Nc2ccc(C(=O)O)c(O)c2)C1=O. The Hall–Kier alpha value is -2.30. The molecule has 5 heteroatoms. The minimum atomic E-state index is -1.18. The molecule has 1 aliphatic rings. The molecular weight excluding hydrogens is 258 g/mol. The molecule has 2 rings (SSSR count). The number of rotatable bonds is 3. The van der Waals surface area contributed by atoms with E-state index in [1.165, 1.54) is 12.1 Å². The predicted octanol–water partition coefficient (Wildman–Crippen LogP) is 2.78. The zero-order chi connectivity index (χ0) is 14.7. The van der Waals surface area contributed by atoms with E-state index in [-0.39, 0.29) is 23.0 Å². The lowest BCUT2D eigenvalue weighted by Crippen LogP contribution is -2.19. The average Bonchev–Trinajstić information content (AvgIpc) is 2.40. The number of allylic oxidation sites excluding steroid dienone is 1. The van der Waals surface area contributed by atoms with Gasteiger partial charge in [0.15, 0.2) is 5.78 Å². The lowest BCUT2D eigenvalue weighted by atomic mass is 9.86. The first kappa shape index (κ1) is 14.1. The summed E-state index contributed by atoms with van der Waals surface area (Å²) in [4.78, 5) is 22.7. The van der Waals surface area contributed by atoms with Crippen molar-refractivity contribution in [3.8, 4) is 5.75 Å². The summed E-state index contributed by atoms with van der Waals surface area (Å²) in [6, 6.07) is 4.21. The van der Waals surface area contributed by atoms with Crippen molar-refractivity contribution < 1.29 is 19.8 Å². The summed E-state index contributed by atoms with van der Waals surface area (Å²) in [6.45, 7) is 1.92. The molecule has 1 atom stereocenters. The maximum absolute atomic E-state index is 11.9. The summed E-state index contributed by atoms with van der Waals surface area (Å²) < 4.78 is 0. The molecule has 5 nitrogen and oxygen atoms in total. The largest absolute Gasteiger partial charge is 0.507 e. The van der Waals surface area contributed by atoms with Gasteiger partial charge in [-0.15, -0.1) is 0 Å². The van der Waals surface area contributed by atoms with Crippen LogP contribution in [0, 0.1) is 5.92 Å². The first-order valence-electron chi connectivity index (χ1n) is 6.55. The van der Waals surface area contributed by atoms with E-state index in [2.05, 4.69) is 5.32 Å². The molecule has 106 valence electrons. The Labute approximate surface area is 116 Å². The first-order chi connectivity index (χ1) is 9.49. The zero-order valence-corrected chi connectivity index (χ0v) is 11.2. The second-order valence-electron chi connectivity index (χ2n) is 5.01. The Morgan fingerprint density at radius 2 is 2.20 bits per heavy atom. The van der Waals surface area contributed by atoms with E-state index < -0.39 is 5.97 Å². The first-order valence-corrected chi connectivity index (χ1v) is 6.55. The standard InChI is InChI=1S/C15H17NO4/c1-9-3-2-4-10(14(9)18)8-16-11-5-6-12(15(19)20)13(17)7-11/h5-9,16-17H,2-4H2,1H3,(H,19,20)/b10-8+/t9-/m1/s1. The van der Waals surface area contributed by atoms with E-state index >= 15 is 0 Å². The van der Waals surface area contributed by atoms with Crippen LogP contribution in [0.4, 0.5) is 5.69 Å². The molecule has 1 fully saturated rings. The van der Waals surface area contributed by atoms with E-state index in [9.17, 15) is 14.7 Å². The van der Waals surface area contributed by atoms with Crippen molar-refractivity contribution in [1.29, 1.82) is 0 Å². The maximum Gasteiger partial charge on any atom is 0.339 e. The lowest BCUT2D eigenvalue weighted by Gasteiger charge is -2.19. The van der Waals surface area contributed by atoms with Crippen LogP contribution in [0.15, 0.2) is 30.0 Å². The molecule has 1 saturated carbocycles. The van der Waals surface area contributed by atoms with Crippen molar-refractivity contribution in [2.24, 2.45) is 5.92 Å². The van der Waals surface area contributed by atoms with E-state index in [0.29, 0.717) is 5.69 Å². The molecule has 0 amide bonds. The van der Waals surface area contributed by atoms with Gasteiger partial charge in [0, 0.05) is 29.4 Å². The maximum atomic E-state index is 11.9. The third-order valence-corrected chi connectivity index (χ3v) is 3.49. The van der Waals surface area contributed by atoms with E-state index in [1.54, 1.807) is 12.3 Å². The van der Waals surface area contributed by atoms with Crippen LogP contribution in [0.3, 0.4) is 0 Å². The summed E-state index contributed by atoms with van der Waals surface area (Å²) in [5, 5.41) is 21.3. The number of carboxylic acid groups (broad SMARTS) is 1. The second kappa shape index (κ2) is 5.77. The van der Waals surface area contributed by atoms with Crippen LogP contribution in [0.1, 0.15) is 36.5 Å². The quantitative estimate of drug-likeness (QED) is 0.738. The summed E-state index contributed by atoms with van der Waals surface area (Å²) in [6.07, 6.45) is 4.30. The number of nitrogens with one attached hydrogen (secondary N) is 1. The summed E-state index contributed by atoms with van der Waals surface area (Å²) in [5.41, 5.74) is 1.14. The minimum Gasteiger partial charge on any atom is -0.507 e. The highest BCUT2D eigenvalue weighted by atomic mass is 16.4. The molecule has 0 bridgehead atoms. The normalized spacial score (nSPS) is 20.9. The summed E-state index contributed by atoms with van der Waals surface area (Å²) >= 11 is 0. The molecule has 1 aromatic rings. The van der Waals surface area contributed by atoms with Crippen LogP contribution in [-0.4, -0.2) is 22.0 Å². The zero-order valence-electron chi connectivity index (χ0n) is 11.2. The van der Waals surface area contributed by atoms with Crippen molar-refractivity contribution in [2.75, 3.05) is 5.32 Å². The Morgan fingerprint density at radius 3 is 2.85 bits per heavy atom. The topological polar surface area (TPSA) is 86.6 Å². The number of carbonyl (C=O) groups excluding carboxylic acids is 1. The molecule has 1 aromatic carbocycles. The van der Waals surface area contributed by atoms with Gasteiger partial charge in [0.25, 0.3) is 0 Å². The number of anilines is 1. The molecular formula is C15H17NO4. The van der Waals surface area contributed by atoms with Gasteiger partial charge in [-0.2, -0.15) is 0 Å². The molecule has 0 unspecified atom stereocenters. The molecule has 0 radical (unpaired) electrons. The number of carbonyl (C=O) groups is 2. The van der Waals surface area contributed by atoms with Gasteiger partial charge >= 0.3 is 5.97 Å². The molecule has 20 heavy (non-hydrogen) atoms. The van der Waals surface area contributed by atoms with Crippen molar-refractivity contribution in [3.05, 3.63) is 35.5 Å². The van der Waals surface area contributed by atoms with Gasteiger partial charge in [-0.05, 0) is 31.4 Å². The van der Waals surface area contributed by atoms with E-state index in [1.807, 2.05) is 6.92 Å². The number of phenols is 1. The van der Waals surface area contributed by atoms with Crippen molar-refractivity contribution in [3.63, 3.8) is 0 Å². The second-order valence-corrected chi connectivity index (χ2v) is 5.01. The Balaban J connectivity index is 2.13. The lowest BCUT2D eigenvalue weighted by molar-refractivity contribution is -0.119. The van der Waals surface area contributed by atoms with Crippen molar-refractivity contribution >= 4 is 17.4 Å². The number of hydrogen-bond acceptors (Lipinski definition) is 4. The third kappa shape index (κ3) is 2.99. The molecule has 0 heterocycles. The van der Waals surface area contributed by atoms with Crippen molar-refractivity contribution in [2.45, 2.75) is 26.2 Å². The molecule has 0 spiro atoms. The van der Waals surface area contributed by atoms with Gasteiger partial charge in [-0.3, -0.25) is 4.79 Å². The van der Waals surface area contributed by atoms with E-state index in [4.69, 9.17) is 5.11 Å². The molecule has 0 aromatic heterocycles. The summed E-state index contributed by atoms with van der Waals surface area (Å²) in [7, 11) is 0. The number of carboxylic acids is 1. The van der Waals surface area contributed by atoms with Gasteiger partial charge in [0.2, 0.25) is 0 Å². The smallest absolute Gasteiger partial charge is 0.339 e. The fourth-order valence-corrected chi connectivity index (χ4v) is 2.29. The van der Waals surface area contributed by atoms with Crippen LogP contribution in [0.2, 0.25) is 0 Å². The van der Waals surface area contributed by atoms with Crippen LogP contribution in [0.5, 0.6) is 5.75 Å². The highest BCUT2D eigenvalue weighted by Crippen LogP contribution is 2.26. The fourth-order valence-electron chi connectivity index (χ4n) is 2.29. The average molecular weight is 275 g/mol. The molecule has 0 saturated heterocycles. The monoisotopic (exact) mass is 275 g/mol. The Bertz CT molecular complexity index is 577. The molecule has 1 aliphatic carbocycles. The van der Waals surface area contributed by atoms with Gasteiger partial charge in [-0.25, -0.2) is 4.79 Å². The van der Waals surface area contributed by atoms with Crippen LogP contribution >= 0.6 is 0 Å². The number of aromatic hydroxyl groups is 1. The number of Topliss-reactive ketones (excluding diaryl/α,β-unsaturated/α-hetero) is 1. The molecule has 0 aliphatic heterocycles. The van der Waals surface area contributed by atoms with Crippen LogP contribution < -0.4 is 5.32 Å². The van der Waals surface area contributed by atoms with Crippen LogP contribution in [-0.2, 0) is 4.79 Å². The number of hydrogen-bond donors (Lipinski definition) is 3. The third-order valence-electron chi connectivity index (χ3n) is 3.49. The highest BCUT2D eigenvalue weighted by molar-refractivity contribution is 5.98. The Kier molecular flexibility index (Phi) is 4.08. The van der Waals surface area contributed by atoms with E-state index in [0.717, 1.165) is 24.8 Å². The number of aromatic carboxylic acids is 1. The highest BCUT2D eigenvalue weighted by Gasteiger charge is 2.22. The number of ketones is 1. The number of benzene rings is 1. The van der Waals surface area contributed by atoms with Crippen LogP contribution in [0.25, 0.3) is 0 Å². The Morgan fingerprint density at radius 1 is 1.45 bits per heavy atom. The fraction of sp³-hybridized carbons (Fsp3) is 0.333. The van der Waals surface area contributed by atoms with Gasteiger partial charge < -0.3 is 15.5 Å². The minimum absolute atomic E-state index is 0.0552. The van der Waals surface area contributed by atoms with Gasteiger partial charge in [0.1, 0.15) is 11.3 Å². The predicted molar refractivity (Wildman–Crippen MR) is 74.8 cm³/mol. The van der Waals surface area contributed by atoms with Gasteiger partial charge in [-0.1, -0.05) is 6.92 Å².